The van der Waals surface area contributed by atoms with E-state index in [9.17, 15) is 19.2 Å². The number of carbonyl (C=O) groups is 4. The Hall–Kier alpha value is -4.86. The largest absolute Gasteiger partial charge is 0.486 e. The first-order chi connectivity index (χ1) is 18.9. The van der Waals surface area contributed by atoms with E-state index in [1.165, 1.54) is 23.7 Å². The number of nitrogens with zero attached hydrogens (tertiary/aromatic N) is 3. The van der Waals surface area contributed by atoms with Crippen LogP contribution in [-0.2, 0) is 24.2 Å². The molecule has 1 aliphatic heterocycles. The molecule has 2 amide bonds. The molecule has 2 N–H and O–H groups in total. The first kappa shape index (κ1) is 24.5. The van der Waals surface area contributed by atoms with Crippen molar-refractivity contribution in [3.8, 4) is 5.75 Å². The number of ketones is 2. The van der Waals surface area contributed by atoms with Gasteiger partial charge in [0.2, 0.25) is 0 Å². The molecule has 0 saturated carbocycles. The van der Waals surface area contributed by atoms with Crippen molar-refractivity contribution < 1.29 is 23.9 Å². The predicted molar refractivity (Wildman–Crippen MR) is 140 cm³/mol. The van der Waals surface area contributed by atoms with Gasteiger partial charge in [-0.15, -0.1) is 0 Å². The molecule has 6 rings (SSSR count). The van der Waals surface area contributed by atoms with Crippen molar-refractivity contribution >= 4 is 29.0 Å². The summed E-state index contributed by atoms with van der Waals surface area (Å²) in [5.74, 6) is -0.134. The van der Waals surface area contributed by atoms with Crippen molar-refractivity contribution in [3.63, 3.8) is 0 Å². The fourth-order valence-corrected chi connectivity index (χ4v) is 5.13. The Morgan fingerprint density at radius 2 is 1.92 bits per heavy atom. The van der Waals surface area contributed by atoms with Gasteiger partial charge in [0, 0.05) is 36.2 Å². The van der Waals surface area contributed by atoms with Crippen molar-refractivity contribution in [2.45, 2.75) is 38.8 Å². The maximum Gasteiger partial charge on any atom is 0.270 e. The number of carbonyl (C=O) groups excluding carboxylic acids is 4. The molecule has 0 fully saturated rings. The van der Waals surface area contributed by atoms with Crippen LogP contribution in [-0.4, -0.2) is 44.6 Å². The van der Waals surface area contributed by atoms with E-state index in [-0.39, 0.29) is 48.1 Å². The van der Waals surface area contributed by atoms with Crippen LogP contribution in [0, 0.1) is 0 Å². The van der Waals surface area contributed by atoms with E-state index >= 15 is 0 Å². The number of hydrogen-bond acceptors (Lipinski definition) is 7. The van der Waals surface area contributed by atoms with Crippen molar-refractivity contribution in [2.75, 3.05) is 6.61 Å². The standard InChI is InChI=1S/C29H25N5O5/c1-16(35)18-3-5-22-19(11-18)4-6-23(22)33-29(38)25-13-24(32-27-8-9-31-34(25)27)28(37)30-14-17-2-7-26-20(10-17)12-21(36)15-39-26/h2-3,5,7-11,13,23H,4,6,12,14-15H2,1H3,(H,30,37)(H,33,38)/t23-/m0/s1. The van der Waals surface area contributed by atoms with E-state index in [1.807, 2.05) is 24.3 Å². The van der Waals surface area contributed by atoms with Crippen LogP contribution < -0.4 is 15.4 Å². The van der Waals surface area contributed by atoms with Crippen LogP contribution in [0.2, 0.25) is 0 Å². The lowest BCUT2D eigenvalue weighted by molar-refractivity contribution is -0.121. The lowest BCUT2D eigenvalue weighted by Gasteiger charge is -2.17. The second-order valence-electron chi connectivity index (χ2n) is 9.79. The number of aryl methyl sites for hydroxylation is 1. The average molecular weight is 524 g/mol. The Labute approximate surface area is 223 Å². The molecule has 0 saturated heterocycles. The molecule has 0 bridgehead atoms. The van der Waals surface area contributed by atoms with Crippen LogP contribution in [0.25, 0.3) is 5.65 Å². The number of rotatable bonds is 6. The summed E-state index contributed by atoms with van der Waals surface area (Å²) < 4.78 is 6.83. The fraction of sp³-hybridized carbons (Fsp3) is 0.241. The minimum Gasteiger partial charge on any atom is -0.486 e. The summed E-state index contributed by atoms with van der Waals surface area (Å²) in [4.78, 5) is 54.3. The number of nitrogens with one attached hydrogen (secondary N) is 2. The highest BCUT2D eigenvalue weighted by Crippen LogP contribution is 2.32. The highest BCUT2D eigenvalue weighted by Gasteiger charge is 2.27. The van der Waals surface area contributed by atoms with Crippen molar-refractivity contribution in [2.24, 2.45) is 0 Å². The number of fused-ring (bicyclic) bond motifs is 3. The van der Waals surface area contributed by atoms with Gasteiger partial charge in [-0.1, -0.05) is 18.2 Å². The molecule has 10 heteroatoms. The maximum atomic E-state index is 13.4. The smallest absolute Gasteiger partial charge is 0.270 e. The zero-order valence-corrected chi connectivity index (χ0v) is 21.2. The van der Waals surface area contributed by atoms with E-state index in [1.54, 1.807) is 18.2 Å². The van der Waals surface area contributed by atoms with Crippen LogP contribution in [0.4, 0.5) is 0 Å². The van der Waals surface area contributed by atoms with Crippen LogP contribution in [0.5, 0.6) is 5.75 Å². The Balaban J connectivity index is 1.20. The Kier molecular flexibility index (Phi) is 6.14. The van der Waals surface area contributed by atoms with E-state index in [0.717, 1.165) is 28.7 Å². The molecule has 3 heterocycles. The first-order valence-electron chi connectivity index (χ1n) is 12.7. The Morgan fingerprint density at radius 3 is 2.77 bits per heavy atom. The molecule has 39 heavy (non-hydrogen) atoms. The highest BCUT2D eigenvalue weighted by atomic mass is 16.5. The van der Waals surface area contributed by atoms with Gasteiger partial charge in [-0.05, 0) is 54.7 Å². The highest BCUT2D eigenvalue weighted by molar-refractivity contribution is 5.98. The molecular formula is C29H25N5O5. The van der Waals surface area contributed by atoms with Crippen molar-refractivity contribution in [3.05, 3.63) is 93.9 Å². The van der Waals surface area contributed by atoms with Crippen molar-refractivity contribution in [1.29, 1.82) is 0 Å². The van der Waals surface area contributed by atoms with E-state index in [0.29, 0.717) is 29.8 Å². The van der Waals surface area contributed by atoms with E-state index in [2.05, 4.69) is 20.7 Å². The van der Waals surface area contributed by atoms with Gasteiger partial charge in [0.25, 0.3) is 11.8 Å². The first-order valence-corrected chi connectivity index (χ1v) is 12.7. The molecule has 1 aliphatic carbocycles. The van der Waals surface area contributed by atoms with Gasteiger partial charge in [0.05, 0.1) is 12.2 Å². The zero-order chi connectivity index (χ0) is 27.1. The summed E-state index contributed by atoms with van der Waals surface area (Å²) in [5.41, 5.74) is 4.94. The molecule has 2 aromatic heterocycles. The normalized spacial score (nSPS) is 15.8. The second-order valence-corrected chi connectivity index (χ2v) is 9.79. The third-order valence-electron chi connectivity index (χ3n) is 7.11. The van der Waals surface area contributed by atoms with Gasteiger partial charge in [0.15, 0.2) is 17.2 Å². The van der Waals surface area contributed by atoms with Crippen LogP contribution in [0.15, 0.2) is 54.7 Å². The number of Topliss-reactive ketones (excluding diaryl/α,β-unsaturated/α-hetero) is 2. The topological polar surface area (TPSA) is 132 Å². The van der Waals surface area contributed by atoms with Gasteiger partial charge in [-0.2, -0.15) is 5.10 Å². The summed E-state index contributed by atoms with van der Waals surface area (Å²) in [6.45, 7) is 1.83. The number of hydrogen-bond donors (Lipinski definition) is 2. The lowest BCUT2D eigenvalue weighted by atomic mass is 10.0. The number of benzene rings is 2. The minimum absolute atomic E-state index is 0.00435. The quantitative estimate of drug-likeness (QED) is 0.372. The van der Waals surface area contributed by atoms with E-state index in [4.69, 9.17) is 4.74 Å². The van der Waals surface area contributed by atoms with Gasteiger partial charge in [-0.25, -0.2) is 9.50 Å². The summed E-state index contributed by atoms with van der Waals surface area (Å²) in [6.07, 6.45) is 3.29. The number of amides is 2. The summed E-state index contributed by atoms with van der Waals surface area (Å²) in [5, 5.41) is 10.1. The summed E-state index contributed by atoms with van der Waals surface area (Å²) in [7, 11) is 0. The predicted octanol–water partition coefficient (Wildman–Crippen LogP) is 2.78. The molecule has 196 valence electrons. The number of ether oxygens (including phenoxy) is 1. The third-order valence-corrected chi connectivity index (χ3v) is 7.11. The monoisotopic (exact) mass is 523 g/mol. The lowest BCUT2D eigenvalue weighted by Crippen LogP contribution is -2.30. The minimum atomic E-state index is -0.444. The van der Waals surface area contributed by atoms with E-state index < -0.39 is 5.91 Å². The summed E-state index contributed by atoms with van der Waals surface area (Å²) in [6, 6.07) is 13.9. The SMILES string of the molecule is CC(=O)c1ccc2c(c1)CC[C@@H]2NC(=O)c1cc(C(=O)NCc2ccc3c(c2)CC(=O)CO3)nc2ccnn12. The average Bonchev–Trinajstić information content (AvgIpc) is 3.57. The molecule has 0 unspecified atom stereocenters. The molecule has 1 atom stereocenters. The molecule has 10 nitrogen and oxygen atoms in total. The molecule has 0 radical (unpaired) electrons. The second kappa shape index (κ2) is 9.79. The molecule has 4 aromatic rings. The molecular weight excluding hydrogens is 498 g/mol. The molecule has 2 aromatic carbocycles. The van der Waals surface area contributed by atoms with Gasteiger partial charge >= 0.3 is 0 Å². The third kappa shape index (κ3) is 4.76. The zero-order valence-electron chi connectivity index (χ0n) is 21.2. The molecule has 2 aliphatic rings. The van der Waals surface area contributed by atoms with Crippen LogP contribution in [0.3, 0.4) is 0 Å². The number of aromatic nitrogens is 3. The fourth-order valence-electron chi connectivity index (χ4n) is 5.13. The van der Waals surface area contributed by atoms with Crippen molar-refractivity contribution in [1.82, 2.24) is 25.2 Å². The van der Waals surface area contributed by atoms with Gasteiger partial charge in [-0.3, -0.25) is 19.2 Å². The van der Waals surface area contributed by atoms with Crippen LogP contribution >= 0.6 is 0 Å². The summed E-state index contributed by atoms with van der Waals surface area (Å²) >= 11 is 0. The van der Waals surface area contributed by atoms with Gasteiger partial charge < -0.3 is 15.4 Å². The molecule has 0 spiro atoms. The van der Waals surface area contributed by atoms with Crippen LogP contribution in [0.1, 0.15) is 73.0 Å². The van der Waals surface area contributed by atoms with Gasteiger partial charge in [0.1, 0.15) is 23.7 Å². The Morgan fingerprint density at radius 1 is 1.05 bits per heavy atom. The maximum absolute atomic E-state index is 13.4. The Bertz CT molecular complexity index is 1670.